The van der Waals surface area contributed by atoms with Crippen molar-refractivity contribution in [3.05, 3.63) is 161 Å². The van der Waals surface area contributed by atoms with Crippen LogP contribution in [-0.4, -0.2) is 128 Å². The van der Waals surface area contributed by atoms with E-state index in [4.69, 9.17) is 15.7 Å². The Morgan fingerprint density at radius 1 is 0.522 bits per heavy atom. The molecular formula is C89H125N23O3. The molecule has 0 bridgehead atoms. The number of aliphatic hydroxyl groups excluding tert-OH is 1. The Morgan fingerprint density at radius 3 is 1.44 bits per heavy atom. The average molecular weight is 1570 g/mol. The summed E-state index contributed by atoms with van der Waals surface area (Å²) in [7, 11) is 1.58. The number of fused-ring (bicyclic) bond motifs is 2. The third-order valence-corrected chi connectivity index (χ3v) is 24.3. The maximum atomic E-state index is 10.2. The Labute approximate surface area is 684 Å². The van der Waals surface area contributed by atoms with Gasteiger partial charge in [0.2, 0.25) is 29.7 Å². The van der Waals surface area contributed by atoms with Gasteiger partial charge in [-0.1, -0.05) is 141 Å². The predicted octanol–water partition coefficient (Wildman–Crippen LogP) is 17.3. The molecule has 0 unspecified atom stereocenters. The average Bonchev–Trinajstić information content (AvgIpc) is 1.57. The van der Waals surface area contributed by atoms with E-state index >= 15 is 0 Å². The lowest BCUT2D eigenvalue weighted by atomic mass is 9.68. The number of nitrogens with one attached hydrogen (secondary N) is 8. The second kappa shape index (κ2) is 39.2. The highest BCUT2D eigenvalue weighted by molar-refractivity contribution is 5.80. The van der Waals surface area contributed by atoms with Crippen LogP contribution in [0.1, 0.15) is 210 Å². The van der Waals surface area contributed by atoms with Crippen molar-refractivity contribution in [2.45, 2.75) is 222 Å². The zero-order valence-electron chi connectivity index (χ0n) is 69.2. The number of anilines is 8. The number of ether oxygens (including phenoxy) is 1. The van der Waals surface area contributed by atoms with E-state index in [0.717, 1.165) is 103 Å². The van der Waals surface area contributed by atoms with Crippen LogP contribution in [0.5, 0.6) is 0 Å². The highest BCUT2D eigenvalue weighted by atomic mass is 16.5. The second-order valence-corrected chi connectivity index (χ2v) is 34.4. The summed E-state index contributed by atoms with van der Waals surface area (Å²) < 4.78 is 14.5. The van der Waals surface area contributed by atoms with Crippen LogP contribution < -0.4 is 42.5 Å². The molecule has 9 N–H and O–H groups in total. The third kappa shape index (κ3) is 23.5. The molecule has 5 aliphatic carbocycles. The smallest absolute Gasteiger partial charge is 0.228 e. The SMILES string of the molecule is C#Cc1cnc(NCCn2ccc3ccccc32)nc1N[C@@H]1CC[C@H](O)C(C)(C)C1.COCc1noc(CCNc2ncc(C#N)c(N[C@@H]3CC[C@H](C)C(C)(C)C3)n2)n1.C[C@H]1CC[C@@H](Nc2nc(NCCC3=Cc4ccccc4C3)ncc2C#N)CC1(C)C.C[C@H]1CC[C@@H](Nc2nc(NCCn3cccc3)ncc2C#N)CC1(C)C.[HH].[HH].[HH].[HH]. The van der Waals surface area contributed by atoms with Crippen LogP contribution in [0.4, 0.5) is 47.1 Å². The molecule has 8 atom stereocenters. The third-order valence-electron chi connectivity index (χ3n) is 24.3. The van der Waals surface area contributed by atoms with Gasteiger partial charge in [-0.3, -0.25) is 0 Å². The lowest BCUT2D eigenvalue weighted by Gasteiger charge is -2.41. The summed E-state index contributed by atoms with van der Waals surface area (Å²) in [6.07, 6.45) is 35.4. The first-order valence-electron chi connectivity index (χ1n) is 40.9. The van der Waals surface area contributed by atoms with E-state index in [1.807, 2.05) is 24.5 Å². The Morgan fingerprint density at radius 2 is 0.965 bits per heavy atom. The maximum absolute atomic E-state index is 10.2. The van der Waals surface area contributed by atoms with Crippen molar-refractivity contribution in [3.63, 3.8) is 0 Å². The van der Waals surface area contributed by atoms with Crippen molar-refractivity contribution < 1.29 is 20.1 Å². The van der Waals surface area contributed by atoms with Gasteiger partial charge in [-0.05, 0) is 170 Å². The number of nitrogens with zero attached hydrogens (tertiary/aromatic N) is 15. The number of benzene rings is 2. The molecule has 2 aromatic carbocycles. The normalized spacial score (nSPS) is 21.3. The summed E-state index contributed by atoms with van der Waals surface area (Å²) in [4.78, 5) is 39.8. The number of nitriles is 3. The Hall–Kier alpha value is -11.2. The minimum absolute atomic E-state index is 0. The predicted molar refractivity (Wildman–Crippen MR) is 464 cm³/mol. The van der Waals surface area contributed by atoms with Crippen LogP contribution in [-0.2, 0) is 37.3 Å². The van der Waals surface area contributed by atoms with Crippen LogP contribution in [0.25, 0.3) is 17.0 Å². The zero-order chi connectivity index (χ0) is 81.7. The molecule has 5 aliphatic rings. The van der Waals surface area contributed by atoms with E-state index < -0.39 is 0 Å². The standard InChI is InChI=1S/C25H31N5.C24H29N5O.C20H29N7O2.C20H28N6.4H2/c1-17-8-9-22(14-25(17,2)3)29-23-21(15-26)16-28-24(30-23)27-11-10-18-12-19-6-4-5-7-20(19)13-18;1-4-17-16-26-23(25-12-14-29-13-11-18-7-5-6-8-20(18)29)28-22(17)27-19-9-10-21(30)24(2,3)15-19;1-13-5-6-15(9-20(13,2)3)24-18-14(10-21)11-23-19(26-18)22-8-7-17-25-16(12-28-4)27-29-17;1-15-6-7-17(12-20(15,2)3)24-18-16(13-21)14-23-19(25-18)22-8-11-26-9-4-5-10-26;;;;/h4-7,12,16-17,22H,8-11,13-14H2,1-3H3,(H2,27,28,29,30);1,5-8,11,13,16,19,21,30H,9-10,12,14-15H2,2-3H3,(H2,25,26,27,28);11,13,15H,5-9,12H2,1-4H3,(H2,22,23,24,26);4-5,9-10,14-15,17H,6-8,11-12H2,1-3H3,(H2,22,23,24,25);4*1H/t17-,22+;19-,21+;13-,15+;15-,17+;;;;/m0100..../s1. The quantitative estimate of drug-likeness (QED) is 0.0227. The van der Waals surface area contributed by atoms with Crippen molar-refractivity contribution in [1.82, 2.24) is 59.1 Å². The molecule has 4 fully saturated rings. The highest BCUT2D eigenvalue weighted by Crippen LogP contribution is 2.44. The minimum Gasteiger partial charge on any atom is -0.393 e. The maximum Gasteiger partial charge on any atom is 0.228 e. The lowest BCUT2D eigenvalue weighted by Crippen LogP contribution is -2.41. The summed E-state index contributed by atoms with van der Waals surface area (Å²) in [6, 6.07) is 30.8. The fraction of sp³-hybridized carbons (Fsp3) is 0.517. The van der Waals surface area contributed by atoms with Crippen LogP contribution in [0.15, 0.2) is 120 Å². The first-order valence-corrected chi connectivity index (χ1v) is 40.9. The monoisotopic (exact) mass is 1560 g/mol. The Balaban J connectivity index is 0.000000217. The number of para-hydroxylation sites is 1. The summed E-state index contributed by atoms with van der Waals surface area (Å²) in [6.45, 7) is 29.8. The molecule has 0 amide bonds. The number of rotatable bonds is 26. The largest absolute Gasteiger partial charge is 0.393 e. The molecule has 0 aliphatic heterocycles. The van der Waals surface area contributed by atoms with E-state index in [0.29, 0.717) is 154 Å². The van der Waals surface area contributed by atoms with E-state index in [-0.39, 0.29) is 28.7 Å². The highest BCUT2D eigenvalue weighted by Gasteiger charge is 2.39. The summed E-state index contributed by atoms with van der Waals surface area (Å²) >= 11 is 0. The fourth-order valence-corrected chi connectivity index (χ4v) is 16.0. The van der Waals surface area contributed by atoms with Gasteiger partial charge in [0.1, 0.15) is 64.8 Å². The summed E-state index contributed by atoms with van der Waals surface area (Å²) in [5.41, 5.74) is 8.22. The number of aliphatic hydroxyl groups is 1. The van der Waals surface area contributed by atoms with Gasteiger partial charge in [0.25, 0.3) is 0 Å². The topological polar surface area (TPSA) is 349 Å². The molecule has 7 aromatic heterocycles. The molecule has 7 heterocycles. The first-order chi connectivity index (χ1) is 55.3. The fourth-order valence-electron chi connectivity index (χ4n) is 16.0. The van der Waals surface area contributed by atoms with E-state index in [1.54, 1.807) is 31.9 Å². The van der Waals surface area contributed by atoms with Gasteiger partial charge >= 0.3 is 0 Å². The van der Waals surface area contributed by atoms with Crippen molar-refractivity contribution in [1.29, 1.82) is 15.8 Å². The first kappa shape index (κ1) is 84.7. The Bertz CT molecular complexity index is 4900. The summed E-state index contributed by atoms with van der Waals surface area (Å²) in [5, 5.41) is 70.6. The molecular weight excluding hydrogens is 1440 g/mol. The van der Waals surface area contributed by atoms with Gasteiger partial charge < -0.3 is 66.0 Å². The van der Waals surface area contributed by atoms with Gasteiger partial charge in [-0.25, -0.2) is 19.9 Å². The van der Waals surface area contributed by atoms with Crippen molar-refractivity contribution in [2.75, 3.05) is 75.8 Å². The van der Waals surface area contributed by atoms with Crippen molar-refractivity contribution in [3.8, 4) is 30.6 Å². The van der Waals surface area contributed by atoms with Gasteiger partial charge in [-0.2, -0.15) is 40.7 Å². The zero-order valence-corrected chi connectivity index (χ0v) is 69.2. The number of hydrogen-bond donors (Lipinski definition) is 9. The van der Waals surface area contributed by atoms with Crippen LogP contribution in [0, 0.1) is 85.8 Å². The molecule has 0 saturated heterocycles. The van der Waals surface area contributed by atoms with E-state index in [9.17, 15) is 20.9 Å². The van der Waals surface area contributed by atoms with Gasteiger partial charge in [-0.15, -0.1) is 6.42 Å². The molecule has 0 radical (unpaired) electrons. The second-order valence-electron chi connectivity index (χ2n) is 34.4. The molecule has 115 heavy (non-hydrogen) atoms. The molecule has 9 aromatic rings. The van der Waals surface area contributed by atoms with Gasteiger partial charge in [0.05, 0.1) is 36.5 Å². The van der Waals surface area contributed by atoms with Crippen molar-refractivity contribution in [2.24, 2.45) is 39.4 Å². The minimum atomic E-state index is -0.268. The number of hydrogen-bond acceptors (Lipinski definition) is 24. The molecule has 14 rings (SSSR count). The number of terminal acetylenes is 1. The van der Waals surface area contributed by atoms with E-state index in [2.05, 4.69) is 269 Å². The van der Waals surface area contributed by atoms with Gasteiger partial charge in [0.15, 0.2) is 5.82 Å². The molecule has 26 heteroatoms. The molecule has 614 valence electrons. The van der Waals surface area contributed by atoms with E-state index in [1.165, 1.54) is 40.4 Å². The van der Waals surface area contributed by atoms with Crippen LogP contribution in [0.3, 0.4) is 0 Å². The molecule has 0 spiro atoms. The molecule has 4 saturated carbocycles. The lowest BCUT2D eigenvalue weighted by molar-refractivity contribution is 0.00926. The molecule has 26 nitrogen and oxygen atoms in total. The Kier molecular flexibility index (Phi) is 28.9. The summed E-state index contributed by atoms with van der Waals surface area (Å²) in [5.74, 6) is 10.5. The van der Waals surface area contributed by atoms with Gasteiger partial charge in [0, 0.05) is 107 Å². The number of methoxy groups -OCH3 is 1. The van der Waals surface area contributed by atoms with Crippen molar-refractivity contribution >= 4 is 64.0 Å². The van der Waals surface area contributed by atoms with Crippen LogP contribution >= 0.6 is 0 Å². The number of aromatic nitrogens is 12. The van der Waals surface area contributed by atoms with Crippen LogP contribution in [0.2, 0.25) is 0 Å².